The summed E-state index contributed by atoms with van der Waals surface area (Å²) in [7, 11) is 0. The summed E-state index contributed by atoms with van der Waals surface area (Å²) in [4.78, 5) is 18.5. The molecule has 2 heteroatoms. The van der Waals surface area contributed by atoms with Gasteiger partial charge in [-0.25, -0.2) is 0 Å². The second kappa shape index (κ2) is 4.82. The van der Waals surface area contributed by atoms with Crippen LogP contribution in [0, 0.1) is 5.92 Å². The summed E-state index contributed by atoms with van der Waals surface area (Å²) in [6, 6.07) is 0. The van der Waals surface area contributed by atoms with Crippen molar-refractivity contribution in [1.29, 1.82) is 0 Å². The van der Waals surface area contributed by atoms with Gasteiger partial charge in [0.05, 0.1) is 0 Å². The Bertz CT molecular complexity index is 237. The summed E-state index contributed by atoms with van der Waals surface area (Å²) in [5.74, 6) is 1.10. The number of rotatable bonds is 3. The topological polar surface area (TPSA) is 17.1 Å². The maximum absolute atomic E-state index is 11.3. The van der Waals surface area contributed by atoms with E-state index in [1.807, 2.05) is 0 Å². The first-order valence-corrected chi connectivity index (χ1v) is 15.6. The predicted octanol–water partition coefficient (Wildman–Crippen LogP) is 3.57. The fourth-order valence-electron chi connectivity index (χ4n) is 1.94. The van der Waals surface area contributed by atoms with Crippen LogP contribution in [0.2, 0.25) is 14.8 Å². The molecular formula is C12H22OSn. The summed E-state index contributed by atoms with van der Waals surface area (Å²) in [5, 5.41) is 0. The van der Waals surface area contributed by atoms with Crippen LogP contribution in [-0.2, 0) is 4.79 Å². The van der Waals surface area contributed by atoms with E-state index >= 15 is 0 Å². The number of ketones is 1. The summed E-state index contributed by atoms with van der Waals surface area (Å²) in [5.41, 5.74) is 0. The fourth-order valence-corrected chi connectivity index (χ4v) is 4.51. The maximum atomic E-state index is 11.3. The molecule has 1 unspecified atom stereocenters. The molecule has 0 bridgehead atoms. The van der Waals surface area contributed by atoms with Crippen molar-refractivity contribution in [2.45, 2.75) is 46.9 Å². The van der Waals surface area contributed by atoms with Crippen molar-refractivity contribution in [3.05, 3.63) is 10.2 Å². The third kappa shape index (κ3) is 3.76. The Labute approximate surface area is 91.8 Å². The molecule has 0 radical (unpaired) electrons. The van der Waals surface area contributed by atoms with Crippen molar-refractivity contribution in [2.75, 3.05) is 0 Å². The number of hydrogen-bond donors (Lipinski definition) is 0. The first-order chi connectivity index (χ1) is 6.39. The molecule has 0 aromatic rings. The van der Waals surface area contributed by atoms with Crippen LogP contribution in [0.25, 0.3) is 0 Å². The van der Waals surface area contributed by atoms with Crippen LogP contribution in [0.3, 0.4) is 0 Å². The Morgan fingerprint density at radius 3 is 2.64 bits per heavy atom. The molecule has 1 rings (SSSR count). The van der Waals surface area contributed by atoms with Gasteiger partial charge in [0, 0.05) is 0 Å². The molecule has 1 saturated carbocycles. The van der Waals surface area contributed by atoms with E-state index in [1.165, 1.54) is 10.0 Å². The van der Waals surface area contributed by atoms with Crippen LogP contribution in [0.15, 0.2) is 10.2 Å². The molecule has 1 nitrogen and oxygen atoms in total. The number of hydrogen-bond acceptors (Lipinski definition) is 1. The first-order valence-electron chi connectivity index (χ1n) is 5.59. The van der Waals surface area contributed by atoms with Gasteiger partial charge >= 0.3 is 92.0 Å². The van der Waals surface area contributed by atoms with E-state index in [0.29, 0.717) is 11.7 Å². The van der Waals surface area contributed by atoms with Gasteiger partial charge in [0.2, 0.25) is 0 Å². The van der Waals surface area contributed by atoms with E-state index in [4.69, 9.17) is 0 Å². The number of carbonyl (C=O) groups is 1. The molecule has 0 N–H and O–H groups in total. The molecule has 0 saturated heterocycles. The zero-order chi connectivity index (χ0) is 10.8. The van der Waals surface area contributed by atoms with Gasteiger partial charge in [-0.2, -0.15) is 0 Å². The van der Waals surface area contributed by atoms with Crippen molar-refractivity contribution in [3.8, 4) is 0 Å². The molecule has 1 fully saturated rings. The van der Waals surface area contributed by atoms with E-state index in [2.05, 4.69) is 21.4 Å². The number of allylic oxidation sites excluding steroid dienone is 1. The van der Waals surface area contributed by atoms with Crippen LogP contribution in [0.4, 0.5) is 0 Å². The average Bonchev–Trinajstić information content (AvgIpc) is 2.02. The Balaban J connectivity index is 2.44. The second-order valence-corrected chi connectivity index (χ2v) is 20.4. The summed E-state index contributed by atoms with van der Waals surface area (Å²) in [6.07, 6.45) is 5.12. The van der Waals surface area contributed by atoms with Crippen LogP contribution in [-0.4, -0.2) is 24.2 Å². The van der Waals surface area contributed by atoms with Gasteiger partial charge in [-0.15, -0.1) is 0 Å². The third-order valence-electron chi connectivity index (χ3n) is 3.18. The Morgan fingerprint density at radius 1 is 1.50 bits per heavy atom. The molecule has 0 heterocycles. The van der Waals surface area contributed by atoms with Crippen molar-refractivity contribution < 1.29 is 4.79 Å². The molecule has 80 valence electrons. The van der Waals surface area contributed by atoms with Gasteiger partial charge in [-0.05, 0) is 0 Å². The molecule has 0 spiro atoms. The fraction of sp³-hybridized carbons (Fsp3) is 0.750. The Morgan fingerprint density at radius 2 is 2.14 bits per heavy atom. The molecule has 1 atom stereocenters. The van der Waals surface area contributed by atoms with Crippen LogP contribution < -0.4 is 0 Å². The molecule has 1 aliphatic rings. The minimum atomic E-state index is -1.87. The van der Waals surface area contributed by atoms with Crippen molar-refractivity contribution in [3.63, 3.8) is 0 Å². The third-order valence-corrected chi connectivity index (χ3v) is 9.82. The van der Waals surface area contributed by atoms with Gasteiger partial charge in [-0.3, -0.25) is 0 Å². The van der Waals surface area contributed by atoms with Crippen molar-refractivity contribution >= 4 is 24.2 Å². The summed E-state index contributed by atoms with van der Waals surface area (Å²) >= 11 is -1.87. The van der Waals surface area contributed by atoms with Gasteiger partial charge in [0.25, 0.3) is 0 Å². The zero-order valence-electron chi connectivity index (χ0n) is 9.73. The quantitative estimate of drug-likeness (QED) is 0.728. The number of carbonyl (C=O) groups excluding carboxylic acids is 1. The van der Waals surface area contributed by atoms with Crippen LogP contribution in [0.5, 0.6) is 0 Å². The minimum absolute atomic E-state index is 0.471. The van der Waals surface area contributed by atoms with E-state index in [9.17, 15) is 4.79 Å². The Hall–Kier alpha value is 0.209. The molecular weight excluding hydrogens is 279 g/mol. The molecule has 0 amide bonds. The Kier molecular flexibility index (Phi) is 4.23. The average molecular weight is 301 g/mol. The van der Waals surface area contributed by atoms with E-state index in [0.717, 1.165) is 25.7 Å². The molecule has 0 aromatic carbocycles. The van der Waals surface area contributed by atoms with Gasteiger partial charge in [0.1, 0.15) is 0 Å². The van der Waals surface area contributed by atoms with E-state index in [-0.39, 0.29) is 0 Å². The predicted molar refractivity (Wildman–Crippen MR) is 64.1 cm³/mol. The molecule has 1 aliphatic carbocycles. The van der Waals surface area contributed by atoms with Gasteiger partial charge in [0.15, 0.2) is 0 Å². The van der Waals surface area contributed by atoms with Crippen molar-refractivity contribution in [1.82, 2.24) is 0 Å². The normalized spacial score (nSPS) is 23.6. The molecule has 0 aliphatic heterocycles. The number of Topliss-reactive ketones (excluding diaryl/α,β-unsaturated/α-hetero) is 1. The standard InChI is InChI=1S/C9H13O.3CH3.Sn/c1-2-4-8-5-3-6-9(10)7-8;;;;/h8H,1,3-7H2;3*1H3;. The molecule has 14 heavy (non-hydrogen) atoms. The zero-order valence-corrected chi connectivity index (χ0v) is 12.6. The molecule has 0 aromatic heterocycles. The first kappa shape index (κ1) is 12.3. The SMILES string of the molecule is C=[C](CC1CCCC(=O)C1)[Sn]([CH3])([CH3])[CH3]. The second-order valence-electron chi connectivity index (χ2n) is 5.56. The monoisotopic (exact) mass is 302 g/mol. The van der Waals surface area contributed by atoms with Crippen LogP contribution in [0.1, 0.15) is 32.1 Å². The van der Waals surface area contributed by atoms with Gasteiger partial charge < -0.3 is 0 Å². The van der Waals surface area contributed by atoms with E-state index < -0.39 is 18.4 Å². The van der Waals surface area contributed by atoms with Crippen molar-refractivity contribution in [2.24, 2.45) is 5.92 Å². The van der Waals surface area contributed by atoms with Gasteiger partial charge in [-0.1, -0.05) is 0 Å². The summed E-state index contributed by atoms with van der Waals surface area (Å²) in [6.45, 7) is 4.23. The summed E-state index contributed by atoms with van der Waals surface area (Å²) < 4.78 is 1.50. The van der Waals surface area contributed by atoms with Crippen LogP contribution >= 0.6 is 0 Å². The van der Waals surface area contributed by atoms with E-state index in [1.54, 1.807) is 0 Å².